The van der Waals surface area contributed by atoms with Crippen LogP contribution >= 0.6 is 0 Å². The highest BCUT2D eigenvalue weighted by atomic mass is 32.3. The molecule has 4 aliphatic rings. The second kappa shape index (κ2) is 5.64. The van der Waals surface area contributed by atoms with Crippen LogP contribution in [0.1, 0.15) is 65.2 Å². The van der Waals surface area contributed by atoms with Gasteiger partial charge in [-0.3, -0.25) is 8.98 Å². The van der Waals surface area contributed by atoms with Gasteiger partial charge in [-0.05, 0) is 79.6 Å². The van der Waals surface area contributed by atoms with Gasteiger partial charge in [-0.15, -0.1) is 0 Å². The van der Waals surface area contributed by atoms with Crippen molar-refractivity contribution in [3.8, 4) is 0 Å². The van der Waals surface area contributed by atoms with E-state index >= 15 is 0 Å². The summed E-state index contributed by atoms with van der Waals surface area (Å²) in [7, 11) is -4.66. The minimum Gasteiger partial charge on any atom is -0.726 e. The van der Waals surface area contributed by atoms with Crippen LogP contribution in [0.5, 0.6) is 0 Å². The largest absolute Gasteiger partial charge is 0.726 e. The first-order valence-corrected chi connectivity index (χ1v) is 10.8. The number of allylic oxidation sites excluding steroid dienone is 1. The van der Waals surface area contributed by atoms with Gasteiger partial charge in [0.05, 0.1) is 6.10 Å². The molecule has 6 atom stereocenters. The van der Waals surface area contributed by atoms with Gasteiger partial charge in [0.2, 0.25) is 10.4 Å². The molecule has 4 aliphatic carbocycles. The molecular formula is C19H27O5S-. The summed E-state index contributed by atoms with van der Waals surface area (Å²) in [6.45, 7) is 4.45. The van der Waals surface area contributed by atoms with Gasteiger partial charge in [0, 0.05) is 6.42 Å². The Labute approximate surface area is 150 Å². The minimum absolute atomic E-state index is 0.113. The second-order valence-corrected chi connectivity index (χ2v) is 10.1. The zero-order valence-corrected chi connectivity index (χ0v) is 15.8. The summed E-state index contributed by atoms with van der Waals surface area (Å²) in [4.78, 5) is 11.9. The predicted octanol–water partition coefficient (Wildman–Crippen LogP) is 3.36. The maximum Gasteiger partial charge on any atom is 0.217 e. The monoisotopic (exact) mass is 367 g/mol. The van der Waals surface area contributed by atoms with E-state index in [1.807, 2.05) is 6.08 Å². The van der Waals surface area contributed by atoms with Crippen molar-refractivity contribution >= 4 is 16.2 Å². The lowest BCUT2D eigenvalue weighted by molar-refractivity contribution is -0.117. The van der Waals surface area contributed by atoms with Crippen LogP contribution in [-0.4, -0.2) is 24.9 Å². The van der Waals surface area contributed by atoms with Crippen molar-refractivity contribution in [1.29, 1.82) is 0 Å². The van der Waals surface area contributed by atoms with Gasteiger partial charge in [0.1, 0.15) is 0 Å². The average Bonchev–Trinajstić information content (AvgIpc) is 2.83. The van der Waals surface area contributed by atoms with E-state index in [0.29, 0.717) is 30.6 Å². The van der Waals surface area contributed by atoms with E-state index in [9.17, 15) is 17.8 Å². The first-order chi connectivity index (χ1) is 11.6. The lowest BCUT2D eigenvalue weighted by Crippen LogP contribution is -2.51. The van der Waals surface area contributed by atoms with Crippen LogP contribution in [0.15, 0.2) is 11.6 Å². The lowest BCUT2D eigenvalue weighted by atomic mass is 9.47. The van der Waals surface area contributed by atoms with Gasteiger partial charge in [-0.2, -0.15) is 0 Å². The van der Waals surface area contributed by atoms with Crippen LogP contribution < -0.4 is 0 Å². The van der Waals surface area contributed by atoms with Crippen molar-refractivity contribution in [2.24, 2.45) is 28.6 Å². The number of hydrogen-bond acceptors (Lipinski definition) is 5. The molecule has 0 amide bonds. The molecule has 0 aliphatic heterocycles. The molecule has 0 saturated heterocycles. The summed E-state index contributed by atoms with van der Waals surface area (Å²) >= 11 is 0. The molecule has 3 fully saturated rings. The minimum atomic E-state index is -4.66. The Balaban J connectivity index is 1.62. The molecule has 0 spiro atoms. The van der Waals surface area contributed by atoms with Gasteiger partial charge in [-0.1, -0.05) is 19.4 Å². The molecule has 4 rings (SSSR count). The summed E-state index contributed by atoms with van der Waals surface area (Å²) in [5.74, 6) is 1.77. The Hall–Kier alpha value is -0.720. The topological polar surface area (TPSA) is 83.5 Å². The summed E-state index contributed by atoms with van der Waals surface area (Å²) in [6, 6.07) is 0. The standard InChI is InChI=1S/C19H28O5S/c1-18-9-7-13(20)11-12(18)3-4-14-15-5-6-17(24-25(21,22)23)19(15,2)10-8-16(14)18/h11,14-17H,3-10H2,1-2H3,(H,21,22,23)/p-1/t14-,15-,16-,17-,18-,19-/m0/s1. The SMILES string of the molecule is C[C@]12CC[C@H]3[C@@H](CCC4=CC(=O)CC[C@@]43C)[C@@H]1CC[C@@H]2OS(=O)(=O)[O-]. The number of carbonyl (C=O) groups excluding carboxylic acids is 1. The van der Waals surface area contributed by atoms with Crippen LogP contribution in [0, 0.1) is 28.6 Å². The number of fused-ring (bicyclic) bond motifs is 5. The number of hydrogen-bond donors (Lipinski definition) is 0. The summed E-state index contributed by atoms with van der Waals surface area (Å²) < 4.78 is 38.4. The summed E-state index contributed by atoms with van der Waals surface area (Å²) in [6.07, 6.45) is 8.57. The van der Waals surface area contributed by atoms with Crippen molar-refractivity contribution < 1.29 is 21.9 Å². The third-order valence-corrected chi connectivity index (χ3v) is 8.58. The molecule has 0 heterocycles. The maximum absolute atomic E-state index is 11.9. The van der Waals surface area contributed by atoms with E-state index in [0.717, 1.165) is 38.5 Å². The number of ketones is 1. The van der Waals surface area contributed by atoms with Crippen molar-refractivity contribution in [3.05, 3.63) is 11.6 Å². The molecule has 25 heavy (non-hydrogen) atoms. The Morgan fingerprint density at radius 2 is 1.84 bits per heavy atom. The zero-order valence-electron chi connectivity index (χ0n) is 15.0. The first-order valence-electron chi connectivity index (χ1n) is 9.51. The van der Waals surface area contributed by atoms with Gasteiger partial charge >= 0.3 is 0 Å². The fourth-order valence-corrected chi connectivity index (χ4v) is 7.41. The van der Waals surface area contributed by atoms with E-state index < -0.39 is 16.5 Å². The van der Waals surface area contributed by atoms with Gasteiger partial charge in [-0.25, -0.2) is 8.42 Å². The molecule has 0 aromatic heterocycles. The fourth-order valence-electron chi connectivity index (χ4n) is 6.81. The second-order valence-electron chi connectivity index (χ2n) is 9.08. The van der Waals surface area contributed by atoms with E-state index in [-0.39, 0.29) is 16.6 Å². The molecule has 140 valence electrons. The molecular weight excluding hydrogens is 340 g/mol. The smallest absolute Gasteiger partial charge is 0.217 e. The molecule has 3 saturated carbocycles. The van der Waals surface area contributed by atoms with Crippen molar-refractivity contribution in [2.75, 3.05) is 0 Å². The van der Waals surface area contributed by atoms with E-state index in [1.165, 1.54) is 5.57 Å². The van der Waals surface area contributed by atoms with Gasteiger partial charge in [0.25, 0.3) is 0 Å². The first kappa shape index (κ1) is 17.7. The molecule has 0 aromatic carbocycles. The quantitative estimate of drug-likeness (QED) is 0.552. The Kier molecular flexibility index (Phi) is 3.99. The van der Waals surface area contributed by atoms with Crippen molar-refractivity contribution in [1.82, 2.24) is 0 Å². The fraction of sp³-hybridized carbons (Fsp3) is 0.842. The zero-order chi connectivity index (χ0) is 18.0. The van der Waals surface area contributed by atoms with Gasteiger partial charge < -0.3 is 4.55 Å². The summed E-state index contributed by atoms with van der Waals surface area (Å²) in [5.41, 5.74) is 1.23. The lowest BCUT2D eigenvalue weighted by Gasteiger charge is -2.57. The van der Waals surface area contributed by atoms with E-state index in [4.69, 9.17) is 4.18 Å². The highest BCUT2D eigenvalue weighted by molar-refractivity contribution is 7.80. The molecule has 5 nitrogen and oxygen atoms in total. The third kappa shape index (κ3) is 2.72. The summed E-state index contributed by atoms with van der Waals surface area (Å²) in [5, 5.41) is 0. The number of rotatable bonds is 2. The van der Waals surface area contributed by atoms with Crippen LogP contribution in [0.3, 0.4) is 0 Å². The highest BCUT2D eigenvalue weighted by Crippen LogP contribution is 2.65. The Morgan fingerprint density at radius 3 is 2.56 bits per heavy atom. The predicted molar refractivity (Wildman–Crippen MR) is 91.3 cm³/mol. The highest BCUT2D eigenvalue weighted by Gasteiger charge is 2.59. The van der Waals surface area contributed by atoms with Gasteiger partial charge in [0.15, 0.2) is 5.78 Å². The number of carbonyl (C=O) groups is 1. The van der Waals surface area contributed by atoms with Crippen molar-refractivity contribution in [3.63, 3.8) is 0 Å². The molecule has 0 aromatic rings. The van der Waals surface area contributed by atoms with Crippen LogP contribution in [0.4, 0.5) is 0 Å². The van der Waals surface area contributed by atoms with E-state index in [2.05, 4.69) is 13.8 Å². The Morgan fingerprint density at radius 1 is 1.08 bits per heavy atom. The Bertz CT molecular complexity index is 726. The normalized spacial score (nSPS) is 46.8. The average molecular weight is 367 g/mol. The van der Waals surface area contributed by atoms with Crippen LogP contribution in [0.2, 0.25) is 0 Å². The molecule has 0 bridgehead atoms. The van der Waals surface area contributed by atoms with Crippen molar-refractivity contribution in [2.45, 2.75) is 71.3 Å². The third-order valence-electron chi connectivity index (χ3n) is 8.11. The van der Waals surface area contributed by atoms with Crippen LogP contribution in [0.25, 0.3) is 0 Å². The molecule has 0 unspecified atom stereocenters. The molecule has 0 radical (unpaired) electrons. The molecule has 0 N–H and O–H groups in total. The van der Waals surface area contributed by atoms with E-state index in [1.54, 1.807) is 0 Å². The maximum atomic E-state index is 11.9. The molecule has 6 heteroatoms. The van der Waals surface area contributed by atoms with Crippen LogP contribution in [-0.2, 0) is 19.4 Å².